The van der Waals surface area contributed by atoms with Gasteiger partial charge in [0, 0.05) is 13.0 Å². The molecule has 1 aliphatic rings. The summed E-state index contributed by atoms with van der Waals surface area (Å²) in [6.07, 6.45) is -0.300. The van der Waals surface area contributed by atoms with Gasteiger partial charge in [-0.25, -0.2) is 0 Å². The molecule has 0 radical (unpaired) electrons. The first-order valence-corrected chi connectivity index (χ1v) is 5.92. The van der Waals surface area contributed by atoms with Crippen molar-refractivity contribution in [3.8, 4) is 0 Å². The lowest BCUT2D eigenvalue weighted by Gasteiger charge is -2.34. The molecule has 1 fully saturated rings. The Bertz CT molecular complexity index is 187. The molecule has 0 aromatic carbocycles. The molecule has 1 unspecified atom stereocenters. The number of hydrogen-bond donors (Lipinski definition) is 3. The summed E-state index contributed by atoms with van der Waals surface area (Å²) >= 11 is 0. The van der Waals surface area contributed by atoms with Crippen molar-refractivity contribution in [2.75, 3.05) is 13.2 Å². The van der Waals surface area contributed by atoms with E-state index in [2.05, 4.69) is 6.92 Å². The monoisotopic (exact) mass is 234 g/mol. The first kappa shape index (κ1) is 13.9. The van der Waals surface area contributed by atoms with Gasteiger partial charge in [-0.15, -0.1) is 0 Å². The molecule has 0 aromatic rings. The normalized spacial score (nSPS) is 35.2. The van der Waals surface area contributed by atoms with Crippen LogP contribution in [0.2, 0.25) is 0 Å². The van der Waals surface area contributed by atoms with Crippen LogP contribution in [-0.2, 0) is 9.47 Å². The molecule has 1 saturated heterocycles. The maximum atomic E-state index is 9.59. The van der Waals surface area contributed by atoms with E-state index in [1.165, 1.54) is 0 Å². The van der Waals surface area contributed by atoms with Crippen LogP contribution in [0.1, 0.15) is 32.6 Å². The van der Waals surface area contributed by atoms with Gasteiger partial charge in [-0.05, 0) is 6.42 Å². The van der Waals surface area contributed by atoms with Gasteiger partial charge < -0.3 is 24.8 Å². The van der Waals surface area contributed by atoms with Crippen molar-refractivity contribution in [1.82, 2.24) is 0 Å². The lowest BCUT2D eigenvalue weighted by atomic mass is 10.0. The molecular formula is C11H22O5. The third-order valence-corrected chi connectivity index (χ3v) is 2.72. The molecule has 5 nitrogen and oxygen atoms in total. The van der Waals surface area contributed by atoms with Gasteiger partial charge in [-0.1, -0.05) is 19.8 Å². The van der Waals surface area contributed by atoms with Crippen molar-refractivity contribution in [3.63, 3.8) is 0 Å². The Morgan fingerprint density at radius 2 is 2.00 bits per heavy atom. The zero-order valence-electron chi connectivity index (χ0n) is 9.71. The van der Waals surface area contributed by atoms with E-state index in [9.17, 15) is 15.3 Å². The third kappa shape index (κ3) is 4.35. The average molecular weight is 234 g/mol. The molecule has 5 heteroatoms. The Labute approximate surface area is 96.0 Å². The van der Waals surface area contributed by atoms with E-state index in [-0.39, 0.29) is 13.0 Å². The number of aliphatic hydroxyl groups excluding tert-OH is 3. The van der Waals surface area contributed by atoms with E-state index >= 15 is 0 Å². The molecule has 0 spiro atoms. The predicted octanol–water partition coefficient (Wildman–Crippen LogP) is 0.0223. The molecule has 3 N–H and O–H groups in total. The van der Waals surface area contributed by atoms with Crippen molar-refractivity contribution in [2.24, 2.45) is 0 Å². The van der Waals surface area contributed by atoms with Crippen LogP contribution in [0, 0.1) is 0 Å². The van der Waals surface area contributed by atoms with Crippen molar-refractivity contribution in [2.45, 2.75) is 57.2 Å². The molecule has 4 atom stereocenters. The maximum Gasteiger partial charge on any atom is 0.157 e. The smallest absolute Gasteiger partial charge is 0.157 e. The number of unbranched alkanes of at least 4 members (excludes halogenated alkanes) is 2. The highest BCUT2D eigenvalue weighted by Crippen LogP contribution is 2.19. The summed E-state index contributed by atoms with van der Waals surface area (Å²) in [5.41, 5.74) is 0. The molecule has 1 heterocycles. The van der Waals surface area contributed by atoms with E-state index in [1.807, 2.05) is 0 Å². The van der Waals surface area contributed by atoms with Gasteiger partial charge in [0.15, 0.2) is 6.29 Å². The highest BCUT2D eigenvalue weighted by molar-refractivity contribution is 4.82. The number of rotatable bonds is 6. The molecule has 0 saturated carbocycles. The van der Waals surface area contributed by atoms with Gasteiger partial charge >= 0.3 is 0 Å². The Morgan fingerprint density at radius 3 is 2.69 bits per heavy atom. The van der Waals surface area contributed by atoms with Crippen molar-refractivity contribution < 1.29 is 24.8 Å². The molecule has 0 aliphatic carbocycles. The topological polar surface area (TPSA) is 79.2 Å². The predicted molar refractivity (Wildman–Crippen MR) is 57.9 cm³/mol. The van der Waals surface area contributed by atoms with E-state index in [0.29, 0.717) is 6.61 Å². The average Bonchev–Trinajstić information content (AvgIpc) is 2.24. The van der Waals surface area contributed by atoms with Crippen LogP contribution < -0.4 is 0 Å². The highest BCUT2D eigenvalue weighted by Gasteiger charge is 2.35. The summed E-state index contributed by atoms with van der Waals surface area (Å²) in [5.74, 6) is 0. The van der Waals surface area contributed by atoms with Gasteiger partial charge in [-0.2, -0.15) is 0 Å². The highest BCUT2D eigenvalue weighted by atomic mass is 16.6. The summed E-state index contributed by atoms with van der Waals surface area (Å²) in [4.78, 5) is 0. The fourth-order valence-electron chi connectivity index (χ4n) is 1.72. The van der Waals surface area contributed by atoms with Gasteiger partial charge in [0.25, 0.3) is 0 Å². The van der Waals surface area contributed by atoms with Crippen LogP contribution in [0.3, 0.4) is 0 Å². The van der Waals surface area contributed by atoms with Gasteiger partial charge in [0.05, 0.1) is 12.7 Å². The van der Waals surface area contributed by atoms with Crippen LogP contribution in [0.25, 0.3) is 0 Å². The summed E-state index contributed by atoms with van der Waals surface area (Å²) in [6.45, 7) is 2.94. The summed E-state index contributed by atoms with van der Waals surface area (Å²) in [6, 6.07) is 0. The number of hydrogen-bond acceptors (Lipinski definition) is 5. The minimum absolute atomic E-state index is 0.0491. The first-order valence-electron chi connectivity index (χ1n) is 5.92. The standard InChI is InChI=1S/C11H22O5/c1-2-3-4-5-15-7-9-11(14)8(12)6-10(13)16-9/h8-14H,2-7H2,1H3/t8-,9+,10?,11+/m0/s1. The molecule has 0 aromatic heterocycles. The Balaban J connectivity index is 2.19. The first-order chi connectivity index (χ1) is 7.65. The molecular weight excluding hydrogens is 212 g/mol. The summed E-state index contributed by atoms with van der Waals surface area (Å²) in [7, 11) is 0. The fraction of sp³-hybridized carbons (Fsp3) is 1.00. The Hall–Kier alpha value is -0.200. The van der Waals surface area contributed by atoms with E-state index in [1.54, 1.807) is 0 Å². The largest absolute Gasteiger partial charge is 0.390 e. The van der Waals surface area contributed by atoms with Crippen LogP contribution in [0.15, 0.2) is 0 Å². The Morgan fingerprint density at radius 1 is 1.25 bits per heavy atom. The van der Waals surface area contributed by atoms with Crippen molar-refractivity contribution >= 4 is 0 Å². The van der Waals surface area contributed by atoms with Crippen LogP contribution in [0.4, 0.5) is 0 Å². The van der Waals surface area contributed by atoms with Crippen molar-refractivity contribution in [3.05, 3.63) is 0 Å². The number of aliphatic hydroxyl groups is 3. The van der Waals surface area contributed by atoms with E-state index in [0.717, 1.165) is 19.3 Å². The maximum absolute atomic E-state index is 9.59. The second kappa shape index (κ2) is 7.19. The summed E-state index contributed by atoms with van der Waals surface area (Å²) < 4.78 is 10.4. The third-order valence-electron chi connectivity index (χ3n) is 2.72. The zero-order valence-corrected chi connectivity index (χ0v) is 9.71. The van der Waals surface area contributed by atoms with Crippen LogP contribution >= 0.6 is 0 Å². The quantitative estimate of drug-likeness (QED) is 0.565. The SMILES string of the molecule is CCCCCOC[C@H]1OC(O)C[C@H](O)[C@H]1O. The molecule has 16 heavy (non-hydrogen) atoms. The van der Waals surface area contributed by atoms with Crippen molar-refractivity contribution in [1.29, 1.82) is 0 Å². The molecule has 0 bridgehead atoms. The fourth-order valence-corrected chi connectivity index (χ4v) is 1.72. The van der Waals surface area contributed by atoms with E-state index in [4.69, 9.17) is 9.47 Å². The van der Waals surface area contributed by atoms with Crippen LogP contribution in [0.5, 0.6) is 0 Å². The lowest BCUT2D eigenvalue weighted by molar-refractivity contribution is -0.242. The second-order valence-corrected chi connectivity index (χ2v) is 4.20. The van der Waals surface area contributed by atoms with Gasteiger partial charge in [0.1, 0.15) is 12.2 Å². The molecule has 1 rings (SSSR count). The Kier molecular flexibility index (Phi) is 6.23. The lowest BCUT2D eigenvalue weighted by Crippen LogP contribution is -2.50. The minimum atomic E-state index is -1.01. The van der Waals surface area contributed by atoms with E-state index < -0.39 is 24.6 Å². The van der Waals surface area contributed by atoms with Gasteiger partial charge in [0.2, 0.25) is 0 Å². The zero-order chi connectivity index (χ0) is 12.0. The van der Waals surface area contributed by atoms with Gasteiger partial charge in [-0.3, -0.25) is 0 Å². The molecule has 0 amide bonds. The minimum Gasteiger partial charge on any atom is -0.390 e. The van der Waals surface area contributed by atoms with Crippen LogP contribution in [-0.4, -0.2) is 53.1 Å². The molecule has 96 valence electrons. The molecule has 1 aliphatic heterocycles. The number of ether oxygens (including phenoxy) is 2. The second-order valence-electron chi connectivity index (χ2n) is 4.20. The summed E-state index contributed by atoms with van der Waals surface area (Å²) in [5, 5.41) is 28.3.